The number of aliphatic hydroxyl groups excluding tert-OH is 2. The molecule has 2 N–H and O–H groups in total. The van der Waals surface area contributed by atoms with Crippen LogP contribution in [0.5, 0.6) is 0 Å². The summed E-state index contributed by atoms with van der Waals surface area (Å²) in [6.45, 7) is 13.8. The number of rotatable bonds is 11. The standard InChI is InChI=1S/C12H20O5.C8H16O3/c1-5-10(14)16-7-9(13)8-17-11(15)12(3,4)6-2;1-4-8(2,3)7(10)11-6-5-9/h5,9,13H,1,6-8H2,2-4H3;9H,4-6H2,1-3H3. The van der Waals surface area contributed by atoms with Crippen molar-refractivity contribution in [3.63, 3.8) is 0 Å². The van der Waals surface area contributed by atoms with Crippen LogP contribution in [-0.2, 0) is 28.6 Å². The van der Waals surface area contributed by atoms with Crippen molar-refractivity contribution in [2.45, 2.75) is 60.5 Å². The Bertz CT molecular complexity index is 496. The first-order valence-electron chi connectivity index (χ1n) is 9.30. The molecule has 0 aliphatic carbocycles. The first-order chi connectivity index (χ1) is 12.9. The van der Waals surface area contributed by atoms with E-state index in [1.54, 1.807) is 13.8 Å². The second-order valence-electron chi connectivity index (χ2n) is 7.42. The van der Waals surface area contributed by atoms with Crippen molar-refractivity contribution in [1.82, 2.24) is 0 Å². The van der Waals surface area contributed by atoms with E-state index in [2.05, 4.69) is 11.3 Å². The SMILES string of the molecule is C=CC(=O)OCC(O)COC(=O)C(C)(C)CC.CCC(C)(C)C(=O)OCCO. The van der Waals surface area contributed by atoms with Crippen molar-refractivity contribution in [3.8, 4) is 0 Å². The lowest BCUT2D eigenvalue weighted by Crippen LogP contribution is -2.31. The second kappa shape index (κ2) is 14.1. The molecule has 0 aliphatic heterocycles. The molecular weight excluding hydrogens is 368 g/mol. The highest BCUT2D eigenvalue weighted by atomic mass is 16.6. The maximum atomic E-state index is 11.5. The Balaban J connectivity index is 0. The molecule has 0 bridgehead atoms. The first-order valence-corrected chi connectivity index (χ1v) is 9.30. The summed E-state index contributed by atoms with van der Waals surface area (Å²) in [7, 11) is 0. The van der Waals surface area contributed by atoms with Gasteiger partial charge in [-0.15, -0.1) is 0 Å². The molecule has 8 heteroatoms. The predicted molar refractivity (Wildman–Crippen MR) is 104 cm³/mol. The van der Waals surface area contributed by atoms with Gasteiger partial charge in [-0.25, -0.2) is 4.79 Å². The molecule has 1 atom stereocenters. The van der Waals surface area contributed by atoms with E-state index in [0.29, 0.717) is 6.42 Å². The Kier molecular flexibility index (Phi) is 14.3. The molecule has 0 amide bonds. The summed E-state index contributed by atoms with van der Waals surface area (Å²) in [5, 5.41) is 17.8. The van der Waals surface area contributed by atoms with Crippen molar-refractivity contribution in [2.75, 3.05) is 26.4 Å². The van der Waals surface area contributed by atoms with Crippen LogP contribution in [0.4, 0.5) is 0 Å². The average Bonchev–Trinajstić information content (AvgIpc) is 2.68. The van der Waals surface area contributed by atoms with Gasteiger partial charge in [0.05, 0.1) is 17.4 Å². The smallest absolute Gasteiger partial charge is 0.330 e. The molecule has 0 aromatic heterocycles. The predicted octanol–water partition coefficient (Wildman–Crippen LogP) is 2.01. The molecule has 0 saturated heterocycles. The van der Waals surface area contributed by atoms with Crippen LogP contribution in [0, 0.1) is 10.8 Å². The van der Waals surface area contributed by atoms with Crippen molar-refractivity contribution in [1.29, 1.82) is 0 Å². The minimum atomic E-state index is -1.02. The molecule has 0 saturated carbocycles. The molecule has 8 nitrogen and oxygen atoms in total. The minimum absolute atomic E-state index is 0.0995. The van der Waals surface area contributed by atoms with E-state index in [9.17, 15) is 19.5 Å². The summed E-state index contributed by atoms with van der Waals surface area (Å²) in [5.41, 5.74) is -0.993. The summed E-state index contributed by atoms with van der Waals surface area (Å²) in [5.74, 6) is -1.24. The molecule has 0 rings (SSSR count). The fraction of sp³-hybridized carbons (Fsp3) is 0.750. The number of carbonyl (C=O) groups excluding carboxylic acids is 3. The highest BCUT2D eigenvalue weighted by Crippen LogP contribution is 2.21. The number of hydrogen-bond donors (Lipinski definition) is 2. The summed E-state index contributed by atoms with van der Waals surface area (Å²) in [4.78, 5) is 33.4. The average molecular weight is 405 g/mol. The molecule has 0 aliphatic rings. The van der Waals surface area contributed by atoms with E-state index in [-0.39, 0.29) is 38.4 Å². The van der Waals surface area contributed by atoms with E-state index in [4.69, 9.17) is 14.6 Å². The molecule has 0 aromatic carbocycles. The van der Waals surface area contributed by atoms with Crippen LogP contribution in [0.3, 0.4) is 0 Å². The van der Waals surface area contributed by atoms with Crippen LogP contribution in [-0.4, -0.2) is 60.7 Å². The van der Waals surface area contributed by atoms with Crippen LogP contribution in [0.15, 0.2) is 12.7 Å². The van der Waals surface area contributed by atoms with E-state index in [1.165, 1.54) is 0 Å². The third-order valence-electron chi connectivity index (χ3n) is 4.19. The van der Waals surface area contributed by atoms with Crippen molar-refractivity contribution in [2.24, 2.45) is 10.8 Å². The topological polar surface area (TPSA) is 119 Å². The molecule has 0 spiro atoms. The zero-order valence-electron chi connectivity index (χ0n) is 17.9. The Labute approximate surface area is 167 Å². The summed E-state index contributed by atoms with van der Waals surface area (Å²) < 4.78 is 14.3. The van der Waals surface area contributed by atoms with Gasteiger partial charge in [-0.2, -0.15) is 0 Å². The fourth-order valence-corrected chi connectivity index (χ4v) is 1.27. The highest BCUT2D eigenvalue weighted by Gasteiger charge is 2.28. The lowest BCUT2D eigenvalue weighted by Gasteiger charge is -2.21. The van der Waals surface area contributed by atoms with E-state index >= 15 is 0 Å². The van der Waals surface area contributed by atoms with Gasteiger partial charge in [0, 0.05) is 6.08 Å². The van der Waals surface area contributed by atoms with Gasteiger partial charge >= 0.3 is 17.9 Å². The first kappa shape index (κ1) is 28.3. The van der Waals surface area contributed by atoms with Crippen LogP contribution < -0.4 is 0 Å². The zero-order valence-corrected chi connectivity index (χ0v) is 17.9. The maximum absolute atomic E-state index is 11.5. The molecule has 1 unspecified atom stereocenters. The molecule has 164 valence electrons. The third-order valence-corrected chi connectivity index (χ3v) is 4.19. The van der Waals surface area contributed by atoms with Gasteiger partial charge in [-0.3, -0.25) is 9.59 Å². The Morgan fingerprint density at radius 3 is 1.75 bits per heavy atom. The summed E-state index contributed by atoms with van der Waals surface area (Å²) in [6, 6.07) is 0. The van der Waals surface area contributed by atoms with E-state index in [0.717, 1.165) is 12.5 Å². The van der Waals surface area contributed by atoms with Gasteiger partial charge in [-0.1, -0.05) is 20.4 Å². The fourth-order valence-electron chi connectivity index (χ4n) is 1.27. The van der Waals surface area contributed by atoms with Gasteiger partial charge in [0.1, 0.15) is 25.9 Å². The van der Waals surface area contributed by atoms with E-state index in [1.807, 2.05) is 27.7 Å². The van der Waals surface area contributed by atoms with Crippen LogP contribution in [0.25, 0.3) is 0 Å². The van der Waals surface area contributed by atoms with Crippen LogP contribution in [0.1, 0.15) is 54.4 Å². The molecule has 0 radical (unpaired) electrons. The number of aliphatic hydroxyl groups is 2. The lowest BCUT2D eigenvalue weighted by molar-refractivity contribution is -0.159. The maximum Gasteiger partial charge on any atom is 0.330 e. The number of hydrogen-bond acceptors (Lipinski definition) is 8. The number of carbonyl (C=O) groups is 3. The highest BCUT2D eigenvalue weighted by molar-refractivity contribution is 5.81. The van der Waals surface area contributed by atoms with Gasteiger partial charge in [0.25, 0.3) is 0 Å². The third kappa shape index (κ3) is 12.5. The van der Waals surface area contributed by atoms with Crippen LogP contribution in [0.2, 0.25) is 0 Å². The van der Waals surface area contributed by atoms with Gasteiger partial charge in [-0.05, 0) is 40.5 Å². The molecule has 0 aromatic rings. The van der Waals surface area contributed by atoms with Crippen molar-refractivity contribution in [3.05, 3.63) is 12.7 Å². The minimum Gasteiger partial charge on any atom is -0.463 e. The second-order valence-corrected chi connectivity index (χ2v) is 7.42. The van der Waals surface area contributed by atoms with Gasteiger partial charge in [0.2, 0.25) is 0 Å². The van der Waals surface area contributed by atoms with Gasteiger partial charge in [0.15, 0.2) is 0 Å². The zero-order chi connectivity index (χ0) is 22.4. The Morgan fingerprint density at radius 1 is 0.929 bits per heavy atom. The summed E-state index contributed by atoms with van der Waals surface area (Å²) >= 11 is 0. The van der Waals surface area contributed by atoms with Crippen molar-refractivity contribution >= 4 is 17.9 Å². The number of ether oxygens (including phenoxy) is 3. The normalized spacial score (nSPS) is 12.1. The monoisotopic (exact) mass is 404 g/mol. The molecule has 28 heavy (non-hydrogen) atoms. The molecule has 0 heterocycles. The molecule has 0 fully saturated rings. The summed E-state index contributed by atoms with van der Waals surface area (Å²) in [6.07, 6.45) is 1.37. The molecular formula is C20H36O8. The lowest BCUT2D eigenvalue weighted by atomic mass is 9.91. The quantitative estimate of drug-likeness (QED) is 0.305. The van der Waals surface area contributed by atoms with Crippen LogP contribution >= 0.6 is 0 Å². The Hall–Kier alpha value is -1.93. The Morgan fingerprint density at radius 2 is 1.36 bits per heavy atom. The number of esters is 3. The van der Waals surface area contributed by atoms with Crippen molar-refractivity contribution < 1.29 is 38.8 Å². The van der Waals surface area contributed by atoms with Gasteiger partial charge < -0.3 is 24.4 Å². The van der Waals surface area contributed by atoms with E-state index < -0.39 is 22.9 Å². The largest absolute Gasteiger partial charge is 0.463 e.